The highest BCUT2D eigenvalue weighted by Gasteiger charge is 2.15. The van der Waals surface area contributed by atoms with Crippen LogP contribution in [0.15, 0.2) is 18.2 Å². The minimum atomic E-state index is -2.95. The second kappa shape index (κ2) is 6.89. The summed E-state index contributed by atoms with van der Waals surface area (Å²) in [6, 6.07) is 3.17. The first-order valence-electron chi connectivity index (χ1n) is 5.63. The van der Waals surface area contributed by atoms with E-state index in [9.17, 15) is 13.6 Å². The van der Waals surface area contributed by atoms with E-state index in [-0.39, 0.29) is 24.5 Å². The van der Waals surface area contributed by atoms with E-state index in [1.54, 1.807) is 6.92 Å². The predicted molar refractivity (Wildman–Crippen MR) is 63.6 cm³/mol. The topological polar surface area (TPSA) is 81.8 Å². The molecule has 0 bridgehead atoms. The maximum Gasteiger partial charge on any atom is 0.387 e. The Morgan fingerprint density at radius 2 is 2.11 bits per heavy atom. The average Bonchev–Trinajstić information content (AvgIpc) is 2.32. The monoisotopic (exact) mass is 275 g/mol. The lowest BCUT2D eigenvalue weighted by molar-refractivity contribution is -0.138. The molecule has 106 valence electrons. The Hall–Kier alpha value is -1.89. The summed E-state index contributed by atoms with van der Waals surface area (Å²) >= 11 is 0. The smallest absolute Gasteiger partial charge is 0.387 e. The van der Waals surface area contributed by atoms with Crippen molar-refractivity contribution in [3.8, 4) is 11.5 Å². The van der Waals surface area contributed by atoms with Crippen molar-refractivity contribution in [2.75, 3.05) is 6.61 Å². The Morgan fingerprint density at radius 1 is 1.42 bits per heavy atom. The molecule has 0 aliphatic carbocycles. The van der Waals surface area contributed by atoms with Crippen molar-refractivity contribution >= 4 is 5.97 Å². The summed E-state index contributed by atoms with van der Waals surface area (Å²) in [6.45, 7) is -0.984. The van der Waals surface area contributed by atoms with Gasteiger partial charge >= 0.3 is 12.6 Å². The first kappa shape index (κ1) is 15.2. The normalized spacial score (nSPS) is 12.3. The second-order valence-electron chi connectivity index (χ2n) is 3.74. The summed E-state index contributed by atoms with van der Waals surface area (Å²) in [5.74, 6) is -1.09. The molecule has 3 N–H and O–H groups in total. The fraction of sp³-hybridized carbons (Fsp3) is 0.417. The van der Waals surface area contributed by atoms with E-state index in [1.165, 1.54) is 18.2 Å². The number of aliphatic carboxylic acids is 1. The third-order valence-corrected chi connectivity index (χ3v) is 2.30. The molecular weight excluding hydrogens is 260 g/mol. The third-order valence-electron chi connectivity index (χ3n) is 2.30. The summed E-state index contributed by atoms with van der Waals surface area (Å²) in [7, 11) is 0. The lowest BCUT2D eigenvalue weighted by Gasteiger charge is -2.13. The van der Waals surface area contributed by atoms with Crippen molar-refractivity contribution in [1.29, 1.82) is 0 Å². The van der Waals surface area contributed by atoms with Crippen molar-refractivity contribution in [3.05, 3.63) is 23.8 Å². The number of ether oxygens (including phenoxy) is 2. The molecule has 0 heterocycles. The van der Waals surface area contributed by atoms with Crippen molar-refractivity contribution < 1.29 is 28.2 Å². The van der Waals surface area contributed by atoms with Crippen molar-refractivity contribution in [1.82, 2.24) is 0 Å². The SMILES string of the molecule is CCOc1cc(CC(N)C(=O)O)ccc1OC(F)F. The molecule has 0 saturated heterocycles. The molecule has 0 spiro atoms. The number of benzene rings is 1. The van der Waals surface area contributed by atoms with E-state index < -0.39 is 18.6 Å². The number of alkyl halides is 2. The van der Waals surface area contributed by atoms with Crippen molar-refractivity contribution in [2.45, 2.75) is 26.0 Å². The predicted octanol–water partition coefficient (Wildman–Crippen LogP) is 1.64. The highest BCUT2D eigenvalue weighted by molar-refractivity contribution is 5.73. The Kier molecular flexibility index (Phi) is 5.50. The second-order valence-corrected chi connectivity index (χ2v) is 3.74. The molecule has 1 rings (SSSR count). The van der Waals surface area contributed by atoms with Crippen LogP contribution in [0.2, 0.25) is 0 Å². The summed E-state index contributed by atoms with van der Waals surface area (Å²) in [5.41, 5.74) is 5.97. The fourth-order valence-electron chi connectivity index (χ4n) is 1.48. The van der Waals surface area contributed by atoms with Crippen LogP contribution in [0.5, 0.6) is 11.5 Å². The first-order chi connectivity index (χ1) is 8.93. The number of carboxylic acid groups (broad SMARTS) is 1. The van der Waals surface area contributed by atoms with Crippen LogP contribution in [0.3, 0.4) is 0 Å². The van der Waals surface area contributed by atoms with Gasteiger partial charge < -0.3 is 20.3 Å². The maximum atomic E-state index is 12.2. The van der Waals surface area contributed by atoms with Gasteiger partial charge in [-0.05, 0) is 31.0 Å². The van der Waals surface area contributed by atoms with E-state index in [0.717, 1.165) is 0 Å². The molecule has 0 saturated carbocycles. The van der Waals surface area contributed by atoms with Crippen LogP contribution < -0.4 is 15.2 Å². The van der Waals surface area contributed by atoms with E-state index in [0.29, 0.717) is 5.56 Å². The van der Waals surface area contributed by atoms with Gasteiger partial charge in [-0.3, -0.25) is 4.79 Å². The number of hydrogen-bond acceptors (Lipinski definition) is 4. The quantitative estimate of drug-likeness (QED) is 0.790. The third kappa shape index (κ3) is 4.70. The number of halogens is 2. The Bertz CT molecular complexity index is 440. The molecule has 0 fully saturated rings. The zero-order chi connectivity index (χ0) is 14.4. The van der Waals surface area contributed by atoms with Crippen molar-refractivity contribution in [3.63, 3.8) is 0 Å². The number of hydrogen-bond donors (Lipinski definition) is 2. The molecule has 0 aliphatic rings. The fourth-order valence-corrected chi connectivity index (χ4v) is 1.48. The molecule has 7 heteroatoms. The molecule has 1 aromatic carbocycles. The van der Waals surface area contributed by atoms with Gasteiger partial charge in [0, 0.05) is 0 Å². The average molecular weight is 275 g/mol. The van der Waals surface area contributed by atoms with Crippen LogP contribution in [0.25, 0.3) is 0 Å². The van der Waals surface area contributed by atoms with Gasteiger partial charge in [-0.25, -0.2) is 0 Å². The maximum absolute atomic E-state index is 12.2. The zero-order valence-corrected chi connectivity index (χ0v) is 10.3. The van der Waals surface area contributed by atoms with Crippen LogP contribution in [0.4, 0.5) is 8.78 Å². The molecule has 0 radical (unpaired) electrons. The molecule has 1 atom stereocenters. The summed E-state index contributed by atoms with van der Waals surface area (Å²) in [6.07, 6.45) is 0.0738. The molecule has 19 heavy (non-hydrogen) atoms. The zero-order valence-electron chi connectivity index (χ0n) is 10.3. The van der Waals surface area contributed by atoms with Gasteiger partial charge in [-0.1, -0.05) is 6.07 Å². The largest absolute Gasteiger partial charge is 0.490 e. The van der Waals surface area contributed by atoms with E-state index in [2.05, 4.69) is 4.74 Å². The molecule has 0 amide bonds. The number of carboxylic acids is 1. The van der Waals surface area contributed by atoms with Gasteiger partial charge in [0.05, 0.1) is 6.61 Å². The van der Waals surface area contributed by atoms with Crippen LogP contribution in [0.1, 0.15) is 12.5 Å². The highest BCUT2D eigenvalue weighted by atomic mass is 19.3. The van der Waals surface area contributed by atoms with Crippen LogP contribution in [-0.4, -0.2) is 30.3 Å². The summed E-state index contributed by atoms with van der Waals surface area (Å²) < 4.78 is 33.8. The minimum absolute atomic E-state index is 0.0738. The van der Waals surface area contributed by atoms with Gasteiger partial charge in [-0.2, -0.15) is 8.78 Å². The minimum Gasteiger partial charge on any atom is -0.490 e. The molecule has 0 aromatic heterocycles. The lowest BCUT2D eigenvalue weighted by Crippen LogP contribution is -2.32. The standard InChI is InChI=1S/C12H15F2NO4/c1-2-18-10-6-7(5-8(15)11(16)17)3-4-9(10)19-12(13)14/h3-4,6,8,12H,2,5,15H2,1H3,(H,16,17). The van der Waals surface area contributed by atoms with Gasteiger partial charge in [-0.15, -0.1) is 0 Å². The molecule has 1 unspecified atom stereocenters. The van der Waals surface area contributed by atoms with Gasteiger partial charge in [0.25, 0.3) is 0 Å². The molecular formula is C12H15F2NO4. The van der Waals surface area contributed by atoms with Gasteiger partial charge in [0.15, 0.2) is 11.5 Å². The number of rotatable bonds is 7. The Morgan fingerprint density at radius 3 is 2.63 bits per heavy atom. The van der Waals surface area contributed by atoms with Crippen molar-refractivity contribution in [2.24, 2.45) is 5.73 Å². The molecule has 1 aromatic rings. The van der Waals surface area contributed by atoms with Crippen LogP contribution >= 0.6 is 0 Å². The first-order valence-corrected chi connectivity index (χ1v) is 5.63. The van der Waals surface area contributed by atoms with E-state index in [1.807, 2.05) is 0 Å². The van der Waals surface area contributed by atoms with Gasteiger partial charge in [0.2, 0.25) is 0 Å². The van der Waals surface area contributed by atoms with Gasteiger partial charge in [0.1, 0.15) is 6.04 Å². The highest BCUT2D eigenvalue weighted by Crippen LogP contribution is 2.30. The Labute approximate surface area is 108 Å². The molecule has 5 nitrogen and oxygen atoms in total. The number of nitrogens with two attached hydrogens (primary N) is 1. The molecule has 0 aliphatic heterocycles. The van der Waals surface area contributed by atoms with E-state index >= 15 is 0 Å². The van der Waals surface area contributed by atoms with Crippen LogP contribution in [-0.2, 0) is 11.2 Å². The summed E-state index contributed by atoms with van der Waals surface area (Å²) in [5, 5.41) is 8.71. The van der Waals surface area contributed by atoms with Crippen LogP contribution in [0, 0.1) is 0 Å². The lowest BCUT2D eigenvalue weighted by atomic mass is 10.1. The summed E-state index contributed by atoms with van der Waals surface area (Å²) in [4.78, 5) is 10.6. The Balaban J connectivity index is 2.91. The number of carbonyl (C=O) groups is 1. The van der Waals surface area contributed by atoms with E-state index in [4.69, 9.17) is 15.6 Å².